The van der Waals surface area contributed by atoms with E-state index in [0.29, 0.717) is 0 Å². The highest BCUT2D eigenvalue weighted by molar-refractivity contribution is 5.78. The average Bonchev–Trinajstić information content (AvgIpc) is 2.26. The van der Waals surface area contributed by atoms with E-state index < -0.39 is 0 Å². The average molecular weight is 199 g/mol. The first-order valence-corrected chi connectivity index (χ1v) is 5.50. The molecule has 0 aromatic rings. The molecule has 0 aliphatic carbocycles. The number of carbonyl (C=O) groups is 1. The molecule has 0 bridgehead atoms. The lowest BCUT2D eigenvalue weighted by Gasteiger charge is -2.30. The highest BCUT2D eigenvalue weighted by atomic mass is 16.2. The minimum Gasteiger partial charge on any atom is -0.303 e. The number of piperidine rings is 1. The number of rotatable bonds is 4. The van der Waals surface area contributed by atoms with Gasteiger partial charge in [-0.15, -0.1) is 0 Å². The molecule has 0 aromatic heterocycles. The Labute approximate surface area is 85.8 Å². The topological polar surface area (TPSA) is 58.4 Å². The first-order chi connectivity index (χ1) is 6.77. The van der Waals surface area contributed by atoms with Gasteiger partial charge in [0.1, 0.15) is 0 Å². The van der Waals surface area contributed by atoms with Crippen LogP contribution in [0.5, 0.6) is 0 Å². The molecule has 1 aliphatic heterocycles. The number of hydrogen-bond donors (Lipinski definition) is 2. The highest BCUT2D eigenvalue weighted by Gasteiger charge is 2.23. The maximum absolute atomic E-state index is 11.2. The van der Waals surface area contributed by atoms with E-state index in [9.17, 15) is 4.79 Å². The van der Waals surface area contributed by atoms with Crippen LogP contribution in [-0.4, -0.2) is 30.4 Å². The van der Waals surface area contributed by atoms with Gasteiger partial charge in [-0.05, 0) is 38.9 Å². The van der Waals surface area contributed by atoms with Crippen LogP contribution in [0.4, 0.5) is 0 Å². The number of amides is 1. The molecule has 4 heteroatoms. The molecule has 0 unspecified atom stereocenters. The summed E-state index contributed by atoms with van der Waals surface area (Å²) in [6.07, 6.45) is 4.40. The van der Waals surface area contributed by atoms with Crippen LogP contribution in [0.25, 0.3) is 0 Å². The van der Waals surface area contributed by atoms with Crippen LogP contribution in [0, 0.1) is 5.92 Å². The maximum atomic E-state index is 11.2. The first kappa shape index (κ1) is 11.5. The van der Waals surface area contributed by atoms with Gasteiger partial charge in [0.15, 0.2) is 0 Å². The number of nitrogens with one attached hydrogen (secondary N) is 1. The molecule has 1 rings (SSSR count). The van der Waals surface area contributed by atoms with Gasteiger partial charge in [-0.3, -0.25) is 10.2 Å². The van der Waals surface area contributed by atoms with Crippen LogP contribution in [-0.2, 0) is 4.79 Å². The fraction of sp³-hybridized carbons (Fsp3) is 0.900. The van der Waals surface area contributed by atoms with E-state index in [1.165, 1.54) is 19.4 Å². The number of hydrogen-bond acceptors (Lipinski definition) is 3. The van der Waals surface area contributed by atoms with Crippen LogP contribution >= 0.6 is 0 Å². The van der Waals surface area contributed by atoms with E-state index in [2.05, 4.69) is 17.2 Å². The molecule has 1 aliphatic rings. The van der Waals surface area contributed by atoms with Gasteiger partial charge in [-0.2, -0.15) is 0 Å². The molecular formula is C10H21N3O. The first-order valence-electron chi connectivity index (χ1n) is 5.50. The van der Waals surface area contributed by atoms with Crippen molar-refractivity contribution in [2.75, 3.05) is 19.6 Å². The van der Waals surface area contributed by atoms with E-state index in [-0.39, 0.29) is 11.8 Å². The van der Waals surface area contributed by atoms with Gasteiger partial charge < -0.3 is 4.90 Å². The lowest BCUT2D eigenvalue weighted by atomic mass is 9.96. The van der Waals surface area contributed by atoms with E-state index in [0.717, 1.165) is 25.9 Å². The van der Waals surface area contributed by atoms with Crippen molar-refractivity contribution in [3.63, 3.8) is 0 Å². The maximum Gasteiger partial charge on any atom is 0.237 e. The van der Waals surface area contributed by atoms with Crippen molar-refractivity contribution in [3.8, 4) is 0 Å². The summed E-state index contributed by atoms with van der Waals surface area (Å²) >= 11 is 0. The van der Waals surface area contributed by atoms with Crippen LogP contribution in [0.1, 0.15) is 32.6 Å². The van der Waals surface area contributed by atoms with E-state index in [4.69, 9.17) is 5.84 Å². The molecule has 82 valence electrons. The van der Waals surface area contributed by atoms with Crippen LogP contribution in [0.2, 0.25) is 0 Å². The van der Waals surface area contributed by atoms with Gasteiger partial charge in [0.25, 0.3) is 0 Å². The molecule has 0 atom stereocenters. The Kier molecular flexibility index (Phi) is 4.90. The molecule has 14 heavy (non-hydrogen) atoms. The fourth-order valence-electron chi connectivity index (χ4n) is 1.92. The Morgan fingerprint density at radius 2 is 2.14 bits per heavy atom. The summed E-state index contributed by atoms with van der Waals surface area (Å²) in [7, 11) is 0. The second-order valence-corrected chi connectivity index (χ2v) is 3.98. The van der Waals surface area contributed by atoms with Gasteiger partial charge in [0.2, 0.25) is 5.91 Å². The Balaban J connectivity index is 2.20. The molecule has 0 aromatic carbocycles. The minimum atomic E-state index is 0.000131. The number of nitrogens with two attached hydrogens (primary N) is 1. The Morgan fingerprint density at radius 3 is 2.64 bits per heavy atom. The molecule has 3 N–H and O–H groups in total. The third-order valence-corrected chi connectivity index (χ3v) is 2.93. The molecular weight excluding hydrogens is 178 g/mol. The van der Waals surface area contributed by atoms with E-state index in [1.807, 2.05) is 0 Å². The van der Waals surface area contributed by atoms with E-state index in [1.54, 1.807) is 0 Å². The number of likely N-dealkylation sites (tertiary alicyclic amines) is 1. The molecule has 4 nitrogen and oxygen atoms in total. The lowest BCUT2D eigenvalue weighted by Crippen LogP contribution is -2.42. The molecule has 1 fully saturated rings. The summed E-state index contributed by atoms with van der Waals surface area (Å²) < 4.78 is 0. The lowest BCUT2D eigenvalue weighted by molar-refractivity contribution is -0.126. The summed E-state index contributed by atoms with van der Waals surface area (Å²) in [5, 5.41) is 0. The van der Waals surface area contributed by atoms with Gasteiger partial charge in [-0.1, -0.05) is 13.3 Å². The van der Waals surface area contributed by atoms with Gasteiger partial charge >= 0.3 is 0 Å². The van der Waals surface area contributed by atoms with Crippen molar-refractivity contribution in [1.82, 2.24) is 10.3 Å². The SMILES string of the molecule is CCCCN1CCC(C(=O)NN)CC1. The molecule has 0 spiro atoms. The number of hydrazine groups is 1. The highest BCUT2D eigenvalue weighted by Crippen LogP contribution is 2.17. The number of carbonyl (C=O) groups excluding carboxylic acids is 1. The summed E-state index contributed by atoms with van der Waals surface area (Å²) in [6.45, 7) is 5.46. The molecule has 0 saturated carbocycles. The largest absolute Gasteiger partial charge is 0.303 e. The van der Waals surface area contributed by atoms with Crippen molar-refractivity contribution in [2.45, 2.75) is 32.6 Å². The number of nitrogens with zero attached hydrogens (tertiary/aromatic N) is 1. The third-order valence-electron chi connectivity index (χ3n) is 2.93. The van der Waals surface area contributed by atoms with Crippen molar-refractivity contribution in [2.24, 2.45) is 11.8 Å². The molecule has 1 saturated heterocycles. The predicted molar refractivity (Wildman–Crippen MR) is 56.4 cm³/mol. The standard InChI is InChI=1S/C10H21N3O/c1-2-3-6-13-7-4-9(5-8-13)10(14)12-11/h9H,2-8,11H2,1H3,(H,12,14). The zero-order chi connectivity index (χ0) is 10.4. The Hall–Kier alpha value is -0.610. The predicted octanol–water partition coefficient (Wildman–Crippen LogP) is 0.488. The summed E-state index contributed by atoms with van der Waals surface area (Å²) in [4.78, 5) is 13.7. The molecule has 1 heterocycles. The quantitative estimate of drug-likeness (QED) is 0.393. The monoisotopic (exact) mass is 199 g/mol. The molecule has 0 radical (unpaired) electrons. The Bertz CT molecular complexity index is 176. The second kappa shape index (κ2) is 5.98. The smallest absolute Gasteiger partial charge is 0.237 e. The van der Waals surface area contributed by atoms with E-state index >= 15 is 0 Å². The summed E-state index contributed by atoms with van der Waals surface area (Å²) in [5.74, 6) is 5.24. The van der Waals surface area contributed by atoms with Gasteiger partial charge in [0, 0.05) is 5.92 Å². The molecule has 1 amide bonds. The zero-order valence-electron chi connectivity index (χ0n) is 8.96. The Morgan fingerprint density at radius 1 is 1.50 bits per heavy atom. The normalized spacial score (nSPS) is 19.6. The van der Waals surface area contributed by atoms with Crippen LogP contribution < -0.4 is 11.3 Å². The third kappa shape index (κ3) is 3.27. The van der Waals surface area contributed by atoms with Crippen LogP contribution in [0.3, 0.4) is 0 Å². The van der Waals surface area contributed by atoms with Crippen molar-refractivity contribution in [3.05, 3.63) is 0 Å². The van der Waals surface area contributed by atoms with Crippen molar-refractivity contribution in [1.29, 1.82) is 0 Å². The van der Waals surface area contributed by atoms with Gasteiger partial charge in [0.05, 0.1) is 0 Å². The summed E-state index contributed by atoms with van der Waals surface area (Å²) in [6, 6.07) is 0. The minimum absolute atomic E-state index is 0.000131. The van der Waals surface area contributed by atoms with Crippen molar-refractivity contribution >= 4 is 5.91 Å². The number of unbranched alkanes of at least 4 members (excludes halogenated alkanes) is 1. The summed E-state index contributed by atoms with van der Waals surface area (Å²) in [5.41, 5.74) is 2.24. The second-order valence-electron chi connectivity index (χ2n) is 3.98. The zero-order valence-corrected chi connectivity index (χ0v) is 8.96. The van der Waals surface area contributed by atoms with Crippen molar-refractivity contribution < 1.29 is 4.79 Å². The fourth-order valence-corrected chi connectivity index (χ4v) is 1.92. The van der Waals surface area contributed by atoms with Gasteiger partial charge in [-0.25, -0.2) is 5.84 Å². The van der Waals surface area contributed by atoms with Crippen LogP contribution in [0.15, 0.2) is 0 Å².